The Kier molecular flexibility index (Phi) is 9.39. The van der Waals surface area contributed by atoms with Crippen LogP contribution in [0.5, 0.6) is 5.75 Å². The average molecular weight is 411 g/mol. The summed E-state index contributed by atoms with van der Waals surface area (Å²) in [4.78, 5) is 28.0. The zero-order valence-electron chi connectivity index (χ0n) is 18.6. The highest BCUT2D eigenvalue weighted by Gasteiger charge is 2.30. The van der Waals surface area contributed by atoms with Crippen molar-refractivity contribution in [2.45, 2.75) is 52.6 Å². The van der Waals surface area contributed by atoms with Gasteiger partial charge >= 0.3 is 0 Å². The Morgan fingerprint density at radius 1 is 1.03 bits per heavy atom. The summed E-state index contributed by atoms with van der Waals surface area (Å²) in [5, 5.41) is 3.04. The lowest BCUT2D eigenvalue weighted by Crippen LogP contribution is -2.43. The molecule has 0 aromatic heterocycles. The third-order valence-electron chi connectivity index (χ3n) is 4.99. The molecule has 2 aromatic carbocycles. The van der Waals surface area contributed by atoms with Crippen LogP contribution < -0.4 is 10.1 Å². The van der Waals surface area contributed by atoms with E-state index in [0.717, 1.165) is 29.7 Å². The largest absolute Gasteiger partial charge is 0.497 e. The molecule has 0 saturated carbocycles. The molecule has 1 N–H and O–H groups in total. The zero-order chi connectivity index (χ0) is 21.9. The van der Waals surface area contributed by atoms with Gasteiger partial charge in [-0.3, -0.25) is 9.59 Å². The number of methoxy groups -OCH3 is 1. The highest BCUT2D eigenvalue weighted by Crippen LogP contribution is 2.25. The molecule has 0 radical (unpaired) electrons. The van der Waals surface area contributed by atoms with Crippen LogP contribution in [0.1, 0.15) is 57.2 Å². The van der Waals surface area contributed by atoms with Crippen LogP contribution in [-0.4, -0.2) is 30.4 Å². The summed E-state index contributed by atoms with van der Waals surface area (Å²) in [6, 6.07) is 16.5. The summed E-state index contributed by atoms with van der Waals surface area (Å²) < 4.78 is 5.23. The molecule has 0 bridgehead atoms. The van der Waals surface area contributed by atoms with Gasteiger partial charge in [0, 0.05) is 19.5 Å². The Morgan fingerprint density at radius 3 is 2.27 bits per heavy atom. The van der Waals surface area contributed by atoms with E-state index in [4.69, 9.17) is 4.74 Å². The van der Waals surface area contributed by atoms with Crippen LogP contribution in [0.15, 0.2) is 54.6 Å². The van der Waals surface area contributed by atoms with E-state index in [-0.39, 0.29) is 11.8 Å². The molecule has 0 saturated heterocycles. The Balaban J connectivity index is 2.35. The maximum atomic E-state index is 13.2. The highest BCUT2D eigenvalue weighted by molar-refractivity contribution is 5.88. The number of hydrogen-bond acceptors (Lipinski definition) is 3. The molecule has 0 aliphatic rings. The number of carbonyl (C=O) groups excluding carboxylic acids is 2. The predicted octanol–water partition coefficient (Wildman–Crippen LogP) is 4.73. The summed E-state index contributed by atoms with van der Waals surface area (Å²) in [6.45, 7) is 7.19. The second-order valence-corrected chi connectivity index (χ2v) is 7.91. The van der Waals surface area contributed by atoms with Gasteiger partial charge in [-0.2, -0.15) is 0 Å². The van der Waals surface area contributed by atoms with Crippen molar-refractivity contribution >= 4 is 11.8 Å². The van der Waals surface area contributed by atoms with Crippen LogP contribution in [0.2, 0.25) is 0 Å². The first-order valence-corrected chi connectivity index (χ1v) is 10.7. The molecular weight excluding hydrogens is 376 g/mol. The van der Waals surface area contributed by atoms with E-state index in [2.05, 4.69) is 19.2 Å². The normalized spacial score (nSPS) is 11.8. The monoisotopic (exact) mass is 410 g/mol. The van der Waals surface area contributed by atoms with Gasteiger partial charge in [-0.15, -0.1) is 0 Å². The van der Waals surface area contributed by atoms with Crippen LogP contribution in [0, 0.1) is 5.92 Å². The van der Waals surface area contributed by atoms with Crippen LogP contribution in [0.25, 0.3) is 0 Å². The minimum atomic E-state index is -0.667. The summed E-state index contributed by atoms with van der Waals surface area (Å²) in [6.07, 6.45) is 2.03. The molecule has 0 aliphatic carbocycles. The lowest BCUT2D eigenvalue weighted by molar-refractivity contribution is -0.141. The van der Waals surface area contributed by atoms with Crippen molar-refractivity contribution in [3.63, 3.8) is 0 Å². The second-order valence-electron chi connectivity index (χ2n) is 7.91. The van der Waals surface area contributed by atoms with Crippen molar-refractivity contribution in [3.05, 3.63) is 65.7 Å². The van der Waals surface area contributed by atoms with Gasteiger partial charge in [0.25, 0.3) is 0 Å². The van der Waals surface area contributed by atoms with Gasteiger partial charge < -0.3 is 15.0 Å². The summed E-state index contributed by atoms with van der Waals surface area (Å²) in [5.74, 6) is 1.09. The number of benzene rings is 2. The maximum absolute atomic E-state index is 13.2. The van der Waals surface area contributed by atoms with E-state index in [0.29, 0.717) is 25.4 Å². The van der Waals surface area contributed by atoms with Crippen molar-refractivity contribution < 1.29 is 14.3 Å². The summed E-state index contributed by atoms with van der Waals surface area (Å²) in [7, 11) is 1.62. The molecule has 0 unspecified atom stereocenters. The number of rotatable bonds is 11. The van der Waals surface area contributed by atoms with Gasteiger partial charge in [-0.1, -0.05) is 63.2 Å². The Bertz CT molecular complexity index is 788. The van der Waals surface area contributed by atoms with E-state index in [1.807, 2.05) is 61.5 Å². The fraction of sp³-hybridized carbons (Fsp3) is 0.440. The van der Waals surface area contributed by atoms with E-state index in [9.17, 15) is 9.59 Å². The molecule has 5 nitrogen and oxygen atoms in total. The van der Waals surface area contributed by atoms with Gasteiger partial charge in [0.05, 0.1) is 7.11 Å². The fourth-order valence-corrected chi connectivity index (χ4v) is 3.30. The molecule has 1 atom stereocenters. The molecule has 0 spiro atoms. The van der Waals surface area contributed by atoms with Crippen molar-refractivity contribution in [2.75, 3.05) is 13.7 Å². The molecule has 0 aliphatic heterocycles. The van der Waals surface area contributed by atoms with Crippen LogP contribution in [-0.2, 0) is 16.1 Å². The molecule has 2 rings (SSSR count). The standard InChI is InChI=1S/C25H34N2O3/c1-5-9-23(28)27(18-20-12-14-22(30-4)15-13-20)24(21-10-7-6-8-11-21)25(29)26-17-16-19(2)3/h6-8,10-15,19,24H,5,9,16-18H2,1-4H3,(H,26,29)/t24-/m0/s1. The molecule has 162 valence electrons. The minimum absolute atomic E-state index is 0.0267. The van der Waals surface area contributed by atoms with E-state index < -0.39 is 6.04 Å². The number of nitrogens with one attached hydrogen (secondary N) is 1. The van der Waals surface area contributed by atoms with E-state index in [1.165, 1.54) is 0 Å². The van der Waals surface area contributed by atoms with Gasteiger partial charge in [-0.25, -0.2) is 0 Å². The van der Waals surface area contributed by atoms with E-state index >= 15 is 0 Å². The van der Waals surface area contributed by atoms with Gasteiger partial charge in [0.2, 0.25) is 11.8 Å². The smallest absolute Gasteiger partial charge is 0.247 e. The number of carbonyl (C=O) groups is 2. The quantitative estimate of drug-likeness (QED) is 0.583. The Hall–Kier alpha value is -2.82. The molecule has 30 heavy (non-hydrogen) atoms. The van der Waals surface area contributed by atoms with Crippen molar-refractivity contribution in [2.24, 2.45) is 5.92 Å². The molecule has 2 aromatic rings. The number of nitrogens with zero attached hydrogens (tertiary/aromatic N) is 1. The first-order chi connectivity index (χ1) is 14.5. The van der Waals surface area contributed by atoms with Crippen LogP contribution in [0.3, 0.4) is 0 Å². The van der Waals surface area contributed by atoms with Crippen LogP contribution in [0.4, 0.5) is 0 Å². The highest BCUT2D eigenvalue weighted by atomic mass is 16.5. The summed E-state index contributed by atoms with van der Waals surface area (Å²) in [5.41, 5.74) is 1.77. The SMILES string of the molecule is CCCC(=O)N(Cc1ccc(OC)cc1)[C@H](C(=O)NCCC(C)C)c1ccccc1. The molecule has 0 fully saturated rings. The number of hydrogen-bond donors (Lipinski definition) is 1. The third kappa shape index (κ3) is 6.90. The lowest BCUT2D eigenvalue weighted by Gasteiger charge is -2.32. The fourth-order valence-electron chi connectivity index (χ4n) is 3.30. The third-order valence-corrected chi connectivity index (χ3v) is 4.99. The van der Waals surface area contributed by atoms with Gasteiger partial charge in [-0.05, 0) is 42.0 Å². The first-order valence-electron chi connectivity index (χ1n) is 10.7. The minimum Gasteiger partial charge on any atom is -0.497 e. The molecule has 5 heteroatoms. The van der Waals surface area contributed by atoms with E-state index in [1.54, 1.807) is 12.0 Å². The van der Waals surface area contributed by atoms with Crippen molar-refractivity contribution in [1.29, 1.82) is 0 Å². The second kappa shape index (κ2) is 12.0. The van der Waals surface area contributed by atoms with Crippen molar-refractivity contribution in [3.8, 4) is 5.75 Å². The van der Waals surface area contributed by atoms with Crippen molar-refractivity contribution in [1.82, 2.24) is 10.2 Å². The molecule has 0 heterocycles. The first kappa shape index (κ1) is 23.5. The number of ether oxygens (including phenoxy) is 1. The average Bonchev–Trinajstić information content (AvgIpc) is 2.74. The lowest BCUT2D eigenvalue weighted by atomic mass is 10.0. The molecular formula is C25H34N2O3. The predicted molar refractivity (Wildman–Crippen MR) is 120 cm³/mol. The maximum Gasteiger partial charge on any atom is 0.247 e. The van der Waals surface area contributed by atoms with Gasteiger partial charge in [0.15, 0.2) is 0 Å². The number of amides is 2. The Morgan fingerprint density at radius 2 is 1.70 bits per heavy atom. The van der Waals surface area contributed by atoms with Crippen LogP contribution >= 0.6 is 0 Å². The summed E-state index contributed by atoms with van der Waals surface area (Å²) >= 11 is 0. The zero-order valence-corrected chi connectivity index (χ0v) is 18.6. The molecule has 2 amide bonds. The van der Waals surface area contributed by atoms with Gasteiger partial charge in [0.1, 0.15) is 11.8 Å². The topological polar surface area (TPSA) is 58.6 Å². The Labute approximate surface area is 180 Å².